The minimum atomic E-state index is -0.409. The van der Waals surface area contributed by atoms with Crippen LogP contribution in [0.5, 0.6) is 17.2 Å². The van der Waals surface area contributed by atoms with Crippen molar-refractivity contribution in [3.63, 3.8) is 0 Å². The number of benzene rings is 4. The Kier molecular flexibility index (Phi) is 10.2. The van der Waals surface area contributed by atoms with Crippen LogP contribution in [0, 0.1) is 13.8 Å². The number of pyridine rings is 1. The Hall–Kier alpha value is -4.72. The van der Waals surface area contributed by atoms with E-state index >= 15 is 0 Å². The van der Waals surface area contributed by atoms with Gasteiger partial charge < -0.3 is 18.9 Å². The molecule has 0 amide bonds. The third-order valence-corrected chi connectivity index (χ3v) is 8.34. The predicted octanol–water partition coefficient (Wildman–Crippen LogP) is 7.46. The lowest BCUT2D eigenvalue weighted by Crippen LogP contribution is -2.38. The summed E-state index contributed by atoms with van der Waals surface area (Å²) in [5.41, 5.74) is 6.22. The number of morpholine rings is 1. The van der Waals surface area contributed by atoms with E-state index in [1.165, 1.54) is 5.56 Å². The summed E-state index contributed by atoms with van der Waals surface area (Å²) in [5, 5.41) is 0.898. The van der Waals surface area contributed by atoms with Gasteiger partial charge in [0.15, 0.2) is 0 Å². The molecule has 4 aromatic carbocycles. The van der Waals surface area contributed by atoms with Crippen LogP contribution < -0.4 is 14.2 Å². The van der Waals surface area contributed by atoms with Crippen LogP contribution in [0.3, 0.4) is 0 Å². The van der Waals surface area contributed by atoms with Crippen LogP contribution in [-0.4, -0.2) is 61.9 Å². The van der Waals surface area contributed by atoms with E-state index in [9.17, 15) is 4.79 Å². The van der Waals surface area contributed by atoms with Crippen LogP contribution in [0.1, 0.15) is 33.5 Å². The van der Waals surface area contributed by atoms with Gasteiger partial charge in [0.05, 0.1) is 30.9 Å². The molecule has 0 atom stereocenters. The number of hydrogen-bond acceptors (Lipinski definition) is 7. The summed E-state index contributed by atoms with van der Waals surface area (Å²) >= 11 is 0. The molecular weight excluding hydrogens is 576 g/mol. The van der Waals surface area contributed by atoms with Crippen molar-refractivity contribution in [2.24, 2.45) is 0 Å². The molecule has 0 N–H and O–H groups in total. The molecule has 5 aromatic rings. The Labute approximate surface area is 270 Å². The van der Waals surface area contributed by atoms with E-state index in [1.807, 2.05) is 85.9 Å². The first-order chi connectivity index (χ1) is 22.5. The zero-order valence-corrected chi connectivity index (χ0v) is 26.5. The molecule has 1 aromatic heterocycles. The lowest BCUT2D eigenvalue weighted by atomic mass is 9.98. The van der Waals surface area contributed by atoms with Crippen LogP contribution in [0.25, 0.3) is 22.0 Å². The monoisotopic (exact) mass is 616 g/mol. The molecule has 0 bridgehead atoms. The highest BCUT2D eigenvalue weighted by molar-refractivity contribution is 6.05. The summed E-state index contributed by atoms with van der Waals surface area (Å²) in [4.78, 5) is 20.7. The van der Waals surface area contributed by atoms with Crippen LogP contribution in [0.4, 0.5) is 0 Å². The minimum Gasteiger partial charge on any atom is -0.493 e. The fourth-order valence-corrected chi connectivity index (χ4v) is 5.79. The van der Waals surface area contributed by atoms with Crippen LogP contribution in [-0.2, 0) is 11.2 Å². The number of aryl methyl sites for hydroxylation is 3. The number of hydrogen-bond donors (Lipinski definition) is 0. The van der Waals surface area contributed by atoms with Crippen molar-refractivity contribution >= 4 is 16.9 Å². The molecule has 0 radical (unpaired) electrons. The number of carbonyl (C=O) groups excluding carboxylic acids is 1. The zero-order valence-electron chi connectivity index (χ0n) is 26.5. The van der Waals surface area contributed by atoms with E-state index < -0.39 is 5.97 Å². The van der Waals surface area contributed by atoms with Gasteiger partial charge in [-0.3, -0.25) is 9.88 Å². The number of nitrogens with zero attached hydrogens (tertiary/aromatic N) is 2. The summed E-state index contributed by atoms with van der Waals surface area (Å²) in [6.07, 6.45) is 3.29. The first-order valence-electron chi connectivity index (χ1n) is 16.0. The Morgan fingerprint density at radius 1 is 0.826 bits per heavy atom. The number of para-hydroxylation sites is 1. The van der Waals surface area contributed by atoms with Gasteiger partial charge in [-0.05, 0) is 73.2 Å². The molecule has 7 nitrogen and oxygen atoms in total. The Bertz CT molecular complexity index is 1800. The largest absolute Gasteiger partial charge is 0.493 e. The van der Waals surface area contributed by atoms with Gasteiger partial charge in [-0.25, -0.2) is 4.79 Å². The van der Waals surface area contributed by atoms with E-state index in [0.29, 0.717) is 36.5 Å². The third-order valence-electron chi connectivity index (χ3n) is 8.34. The average molecular weight is 617 g/mol. The fourth-order valence-electron chi connectivity index (χ4n) is 5.79. The van der Waals surface area contributed by atoms with Crippen molar-refractivity contribution in [2.75, 3.05) is 46.1 Å². The Balaban J connectivity index is 1.06. The number of aromatic nitrogens is 1. The minimum absolute atomic E-state index is 0.409. The quantitative estimate of drug-likeness (QED) is 0.0819. The SMILES string of the molecule is Cc1ccccc1-c1cnc2c(C(=O)Oc3ccccc3CCCOc3cccc(OCCN4CCOCC4)c3)c(C)ccc2c1. The normalized spacial score (nSPS) is 13.4. The van der Waals surface area contributed by atoms with E-state index in [-0.39, 0.29) is 0 Å². The summed E-state index contributed by atoms with van der Waals surface area (Å²) in [7, 11) is 0. The van der Waals surface area contributed by atoms with Crippen LogP contribution in [0.2, 0.25) is 0 Å². The highest BCUT2D eigenvalue weighted by Gasteiger charge is 2.19. The predicted molar refractivity (Wildman–Crippen MR) is 181 cm³/mol. The molecule has 1 fully saturated rings. The maximum absolute atomic E-state index is 13.6. The second-order valence-electron chi connectivity index (χ2n) is 11.6. The van der Waals surface area contributed by atoms with Gasteiger partial charge in [0, 0.05) is 42.8 Å². The number of fused-ring (bicyclic) bond motifs is 1. The van der Waals surface area contributed by atoms with Gasteiger partial charge in [-0.2, -0.15) is 0 Å². The van der Waals surface area contributed by atoms with Gasteiger partial charge in [0.1, 0.15) is 23.9 Å². The number of esters is 1. The lowest BCUT2D eigenvalue weighted by molar-refractivity contribution is 0.0322. The molecule has 0 saturated carbocycles. The molecule has 1 saturated heterocycles. The van der Waals surface area contributed by atoms with Crippen molar-refractivity contribution in [3.05, 3.63) is 119 Å². The third kappa shape index (κ3) is 7.73. The molecule has 1 aliphatic rings. The average Bonchev–Trinajstić information content (AvgIpc) is 3.08. The van der Waals surface area contributed by atoms with Crippen LogP contribution >= 0.6 is 0 Å². The van der Waals surface area contributed by atoms with Crippen LogP contribution in [0.15, 0.2) is 97.2 Å². The number of rotatable bonds is 12. The Morgan fingerprint density at radius 3 is 2.41 bits per heavy atom. The highest BCUT2D eigenvalue weighted by Crippen LogP contribution is 2.30. The zero-order chi connectivity index (χ0) is 31.7. The van der Waals surface area contributed by atoms with Gasteiger partial charge >= 0.3 is 5.97 Å². The van der Waals surface area contributed by atoms with E-state index in [1.54, 1.807) is 0 Å². The van der Waals surface area contributed by atoms with Gasteiger partial charge in [-0.1, -0.05) is 60.7 Å². The smallest absolute Gasteiger partial charge is 0.346 e. The first kappa shape index (κ1) is 31.3. The van der Waals surface area contributed by atoms with Crippen molar-refractivity contribution in [2.45, 2.75) is 26.7 Å². The van der Waals surface area contributed by atoms with Gasteiger partial charge in [0.25, 0.3) is 0 Å². The molecule has 0 aliphatic carbocycles. The maximum Gasteiger partial charge on any atom is 0.346 e. The van der Waals surface area contributed by atoms with E-state index in [2.05, 4.69) is 30.0 Å². The molecule has 46 heavy (non-hydrogen) atoms. The van der Waals surface area contributed by atoms with Crippen molar-refractivity contribution < 1.29 is 23.7 Å². The van der Waals surface area contributed by atoms with Crippen molar-refractivity contribution in [3.8, 4) is 28.4 Å². The molecule has 0 spiro atoms. The molecule has 236 valence electrons. The van der Waals surface area contributed by atoms with E-state index in [4.69, 9.17) is 23.9 Å². The van der Waals surface area contributed by atoms with Gasteiger partial charge in [0.2, 0.25) is 0 Å². The maximum atomic E-state index is 13.6. The molecule has 7 heteroatoms. The molecule has 2 heterocycles. The topological polar surface area (TPSA) is 70.1 Å². The summed E-state index contributed by atoms with van der Waals surface area (Å²) in [6, 6.07) is 29.7. The van der Waals surface area contributed by atoms with Crippen molar-refractivity contribution in [1.29, 1.82) is 0 Å². The molecule has 0 unspecified atom stereocenters. The first-order valence-corrected chi connectivity index (χ1v) is 16.0. The van der Waals surface area contributed by atoms with Crippen molar-refractivity contribution in [1.82, 2.24) is 9.88 Å². The molecule has 1 aliphatic heterocycles. The summed E-state index contributed by atoms with van der Waals surface area (Å²) in [5.74, 6) is 1.71. The second-order valence-corrected chi connectivity index (χ2v) is 11.6. The Morgan fingerprint density at radius 2 is 1.59 bits per heavy atom. The van der Waals surface area contributed by atoms with Gasteiger partial charge in [-0.15, -0.1) is 0 Å². The lowest BCUT2D eigenvalue weighted by Gasteiger charge is -2.26. The second kappa shape index (κ2) is 15.0. The molecular formula is C39H40N2O5. The fraction of sp³-hybridized carbons (Fsp3) is 0.282. The summed E-state index contributed by atoms with van der Waals surface area (Å²) < 4.78 is 23.4. The molecule has 6 rings (SSSR count). The van der Waals surface area contributed by atoms with E-state index in [0.717, 1.165) is 78.4 Å². The standard InChI is InChI=1S/C39H40N2O5/c1-28-9-3-5-14-35(28)32-25-31-17-16-29(2)37(38(31)40-27-32)39(42)46-36-15-6-4-10-30(36)11-8-21-44-33-12-7-13-34(26-33)45-24-20-41-18-22-43-23-19-41/h3-7,9-10,12-17,25-27H,8,11,18-24H2,1-2H3. The number of carbonyl (C=O) groups is 1. The number of ether oxygens (including phenoxy) is 4. The highest BCUT2D eigenvalue weighted by atomic mass is 16.5. The summed E-state index contributed by atoms with van der Waals surface area (Å²) in [6.45, 7) is 9.50.